The first-order valence-electron chi connectivity index (χ1n) is 4.26. The van der Waals surface area contributed by atoms with Gasteiger partial charge in [-0.2, -0.15) is 0 Å². The van der Waals surface area contributed by atoms with Crippen LogP contribution in [0.3, 0.4) is 0 Å². The smallest absolute Gasteiger partial charge is 0.307 e. The van der Waals surface area contributed by atoms with Crippen LogP contribution in [0.25, 0.3) is 0 Å². The molecule has 0 aliphatic carbocycles. The van der Waals surface area contributed by atoms with E-state index in [9.17, 15) is 9.90 Å². The minimum atomic E-state index is -0.944. The van der Waals surface area contributed by atoms with Crippen LogP contribution in [0.15, 0.2) is 16.6 Å². The van der Waals surface area contributed by atoms with Gasteiger partial charge in [0.05, 0.1) is 10.9 Å². The molecule has 0 atom stereocenters. The highest BCUT2D eigenvalue weighted by Crippen LogP contribution is 2.30. The van der Waals surface area contributed by atoms with Gasteiger partial charge >= 0.3 is 5.97 Å². The predicted molar refractivity (Wildman–Crippen MR) is 56.5 cm³/mol. The van der Waals surface area contributed by atoms with Crippen LogP contribution >= 0.6 is 15.9 Å². The van der Waals surface area contributed by atoms with Crippen molar-refractivity contribution in [3.8, 4) is 5.75 Å². The molecule has 0 amide bonds. The highest BCUT2D eigenvalue weighted by molar-refractivity contribution is 9.10. The van der Waals surface area contributed by atoms with Gasteiger partial charge in [-0.25, -0.2) is 0 Å². The van der Waals surface area contributed by atoms with Gasteiger partial charge in [-0.15, -0.1) is 0 Å². The van der Waals surface area contributed by atoms with E-state index in [1.54, 1.807) is 12.1 Å². The molecule has 76 valence electrons. The van der Waals surface area contributed by atoms with Gasteiger partial charge in [-0.05, 0) is 34.0 Å². The SMILES string of the molecule is CCc1cc(Br)c(O)c(CC(=O)O)c1. The maximum absolute atomic E-state index is 10.5. The molecule has 0 radical (unpaired) electrons. The number of phenolic OH excluding ortho intramolecular Hbond substituents is 1. The number of aromatic hydroxyl groups is 1. The molecule has 1 rings (SSSR count). The minimum absolute atomic E-state index is 0.0181. The van der Waals surface area contributed by atoms with E-state index in [1.165, 1.54) is 0 Å². The van der Waals surface area contributed by atoms with E-state index < -0.39 is 5.97 Å². The zero-order valence-electron chi connectivity index (χ0n) is 7.75. The molecule has 0 aromatic heterocycles. The van der Waals surface area contributed by atoms with Crippen molar-refractivity contribution in [2.75, 3.05) is 0 Å². The number of aryl methyl sites for hydroxylation is 1. The Hall–Kier alpha value is -1.03. The highest BCUT2D eigenvalue weighted by atomic mass is 79.9. The lowest BCUT2D eigenvalue weighted by Crippen LogP contribution is -2.01. The molecule has 0 saturated heterocycles. The third-order valence-corrected chi connectivity index (χ3v) is 2.56. The third kappa shape index (κ3) is 2.48. The lowest BCUT2D eigenvalue weighted by Gasteiger charge is -2.06. The van der Waals surface area contributed by atoms with E-state index in [2.05, 4.69) is 15.9 Å². The number of aliphatic carboxylic acids is 1. The molecule has 1 aromatic rings. The Balaban J connectivity index is 3.13. The summed E-state index contributed by atoms with van der Waals surface area (Å²) >= 11 is 3.18. The molecule has 0 fully saturated rings. The molecular formula is C10H11BrO3. The molecule has 0 aliphatic rings. The van der Waals surface area contributed by atoms with Crippen molar-refractivity contribution >= 4 is 21.9 Å². The van der Waals surface area contributed by atoms with Crippen LogP contribution in [0.2, 0.25) is 0 Å². The molecule has 1 aromatic carbocycles. The van der Waals surface area contributed by atoms with Crippen LogP contribution in [-0.2, 0) is 17.6 Å². The van der Waals surface area contributed by atoms with E-state index in [0.29, 0.717) is 10.0 Å². The van der Waals surface area contributed by atoms with Crippen LogP contribution < -0.4 is 0 Å². The first kappa shape index (κ1) is 11.0. The van der Waals surface area contributed by atoms with E-state index >= 15 is 0 Å². The van der Waals surface area contributed by atoms with Gasteiger partial charge in [-0.1, -0.05) is 13.0 Å². The first-order chi connectivity index (χ1) is 6.54. The molecule has 2 N–H and O–H groups in total. The molecule has 3 nitrogen and oxygen atoms in total. The number of halogens is 1. The standard InChI is InChI=1S/C10H11BrO3/c1-2-6-3-7(5-9(12)13)10(14)8(11)4-6/h3-4,14H,2,5H2,1H3,(H,12,13). The Morgan fingerprint density at radius 2 is 2.14 bits per heavy atom. The first-order valence-corrected chi connectivity index (χ1v) is 5.06. The molecule has 14 heavy (non-hydrogen) atoms. The number of benzene rings is 1. The zero-order chi connectivity index (χ0) is 10.7. The van der Waals surface area contributed by atoms with Gasteiger partial charge in [0.2, 0.25) is 0 Å². The summed E-state index contributed by atoms with van der Waals surface area (Å²) in [5.41, 5.74) is 1.45. The van der Waals surface area contributed by atoms with Gasteiger partial charge in [0.1, 0.15) is 5.75 Å². The highest BCUT2D eigenvalue weighted by Gasteiger charge is 2.10. The molecule has 0 spiro atoms. The van der Waals surface area contributed by atoms with Crippen molar-refractivity contribution in [3.63, 3.8) is 0 Å². The summed E-state index contributed by atoms with van der Waals surface area (Å²) in [5.74, 6) is -0.926. The van der Waals surface area contributed by atoms with Crippen LogP contribution in [0.5, 0.6) is 5.75 Å². The second kappa shape index (κ2) is 4.46. The quantitative estimate of drug-likeness (QED) is 0.875. The van der Waals surface area contributed by atoms with Crippen molar-refractivity contribution in [1.82, 2.24) is 0 Å². The summed E-state index contributed by atoms with van der Waals surface area (Å²) in [4.78, 5) is 10.5. The summed E-state index contributed by atoms with van der Waals surface area (Å²) in [6.45, 7) is 1.98. The Morgan fingerprint density at radius 1 is 1.50 bits per heavy atom. The van der Waals surface area contributed by atoms with Gasteiger partial charge in [0.25, 0.3) is 0 Å². The second-order valence-electron chi connectivity index (χ2n) is 3.01. The van der Waals surface area contributed by atoms with Gasteiger partial charge in [-0.3, -0.25) is 4.79 Å². The van der Waals surface area contributed by atoms with E-state index in [4.69, 9.17) is 5.11 Å². The number of carboxylic acid groups (broad SMARTS) is 1. The van der Waals surface area contributed by atoms with Crippen molar-refractivity contribution in [1.29, 1.82) is 0 Å². The Morgan fingerprint density at radius 3 is 2.64 bits per heavy atom. The number of rotatable bonds is 3. The Kier molecular flexibility index (Phi) is 3.52. The Labute approximate surface area is 90.5 Å². The summed E-state index contributed by atoms with van der Waals surface area (Å²) < 4.78 is 0.549. The summed E-state index contributed by atoms with van der Waals surface area (Å²) in [7, 11) is 0. The lowest BCUT2D eigenvalue weighted by atomic mass is 10.1. The van der Waals surface area contributed by atoms with Crippen molar-refractivity contribution < 1.29 is 15.0 Å². The largest absolute Gasteiger partial charge is 0.506 e. The molecule has 0 saturated carbocycles. The lowest BCUT2D eigenvalue weighted by molar-refractivity contribution is -0.136. The fourth-order valence-electron chi connectivity index (χ4n) is 1.22. The van der Waals surface area contributed by atoms with Crippen LogP contribution in [0.4, 0.5) is 0 Å². The van der Waals surface area contributed by atoms with Crippen LogP contribution in [0, 0.1) is 0 Å². The summed E-state index contributed by atoms with van der Waals surface area (Å²) in [6.07, 6.45) is 0.657. The fraction of sp³-hybridized carbons (Fsp3) is 0.300. The summed E-state index contributed by atoms with van der Waals surface area (Å²) in [5, 5.41) is 18.2. The molecule has 4 heteroatoms. The Bertz CT molecular complexity index is 361. The third-order valence-electron chi connectivity index (χ3n) is 1.95. The van der Waals surface area contributed by atoms with Crippen molar-refractivity contribution in [2.45, 2.75) is 19.8 Å². The normalized spacial score (nSPS) is 10.1. The van der Waals surface area contributed by atoms with Crippen molar-refractivity contribution in [3.05, 3.63) is 27.7 Å². The van der Waals surface area contributed by atoms with Gasteiger partial charge < -0.3 is 10.2 Å². The van der Waals surface area contributed by atoms with Crippen LogP contribution in [-0.4, -0.2) is 16.2 Å². The second-order valence-corrected chi connectivity index (χ2v) is 3.86. The fourth-order valence-corrected chi connectivity index (χ4v) is 1.77. The molecule has 0 bridgehead atoms. The number of phenols is 1. The van der Waals surface area contributed by atoms with Crippen molar-refractivity contribution in [2.24, 2.45) is 0 Å². The van der Waals surface area contributed by atoms with E-state index in [-0.39, 0.29) is 12.2 Å². The maximum Gasteiger partial charge on any atom is 0.307 e. The average Bonchev–Trinajstić information content (AvgIpc) is 2.11. The van der Waals surface area contributed by atoms with E-state index in [0.717, 1.165) is 12.0 Å². The van der Waals surface area contributed by atoms with Crippen LogP contribution in [0.1, 0.15) is 18.1 Å². The molecule has 0 heterocycles. The average molecular weight is 259 g/mol. The maximum atomic E-state index is 10.5. The van der Waals surface area contributed by atoms with Gasteiger partial charge in [0.15, 0.2) is 0 Å². The number of carboxylic acids is 1. The minimum Gasteiger partial charge on any atom is -0.506 e. The zero-order valence-corrected chi connectivity index (χ0v) is 9.34. The number of hydrogen-bond donors (Lipinski definition) is 2. The topological polar surface area (TPSA) is 57.5 Å². The molecule has 0 aliphatic heterocycles. The van der Waals surface area contributed by atoms with E-state index in [1.807, 2.05) is 6.92 Å². The number of carbonyl (C=O) groups is 1. The molecular weight excluding hydrogens is 248 g/mol. The predicted octanol–water partition coefficient (Wildman–Crippen LogP) is 2.34. The molecule has 0 unspecified atom stereocenters. The monoisotopic (exact) mass is 258 g/mol. The number of hydrogen-bond acceptors (Lipinski definition) is 2. The summed E-state index contributed by atoms with van der Waals surface area (Å²) in [6, 6.07) is 3.51. The van der Waals surface area contributed by atoms with Gasteiger partial charge in [0, 0.05) is 5.56 Å².